The van der Waals surface area contributed by atoms with Crippen LogP contribution in [-0.4, -0.2) is 25.6 Å². The van der Waals surface area contributed by atoms with Gasteiger partial charge in [-0.15, -0.1) is 0 Å². The van der Waals surface area contributed by atoms with E-state index >= 15 is 0 Å². The highest BCUT2D eigenvalue weighted by atomic mass is 15.4. The van der Waals surface area contributed by atoms with Gasteiger partial charge in [0, 0.05) is 24.3 Å². The summed E-state index contributed by atoms with van der Waals surface area (Å²) in [5.74, 6) is 2.33. The summed E-state index contributed by atoms with van der Waals surface area (Å²) in [7, 11) is 0. The van der Waals surface area contributed by atoms with Gasteiger partial charge in [0.1, 0.15) is 12.1 Å². The standard InChI is InChI=1S/C19H23N5/c1-13(2)16-6-4-15(5-7-16)11-23(17-8-9-17)18-10-14(3)22-19-20-12-21-24(18)19/h4-7,10,12-13,17H,8-9,11H2,1-3H3. The molecule has 1 aliphatic carbocycles. The molecular weight excluding hydrogens is 298 g/mol. The van der Waals surface area contributed by atoms with Crippen LogP contribution in [0.3, 0.4) is 0 Å². The summed E-state index contributed by atoms with van der Waals surface area (Å²) in [6, 6.07) is 11.7. The minimum atomic E-state index is 0.566. The molecule has 2 heterocycles. The number of aromatic nitrogens is 4. The first-order valence-corrected chi connectivity index (χ1v) is 8.64. The highest BCUT2D eigenvalue weighted by Gasteiger charge is 2.31. The summed E-state index contributed by atoms with van der Waals surface area (Å²) in [6.45, 7) is 7.36. The van der Waals surface area contributed by atoms with E-state index in [2.05, 4.69) is 64.1 Å². The summed E-state index contributed by atoms with van der Waals surface area (Å²) in [4.78, 5) is 11.2. The first-order valence-electron chi connectivity index (χ1n) is 8.64. The van der Waals surface area contributed by atoms with Gasteiger partial charge in [0.05, 0.1) is 0 Å². The van der Waals surface area contributed by atoms with Crippen molar-refractivity contribution in [1.82, 2.24) is 19.6 Å². The highest BCUT2D eigenvalue weighted by Crippen LogP contribution is 2.33. The Hall–Kier alpha value is -2.43. The maximum absolute atomic E-state index is 4.46. The lowest BCUT2D eigenvalue weighted by atomic mass is 10.0. The third-order valence-corrected chi connectivity index (χ3v) is 4.64. The van der Waals surface area contributed by atoms with Crippen molar-refractivity contribution in [2.45, 2.75) is 52.1 Å². The second kappa shape index (κ2) is 5.89. The predicted octanol–water partition coefficient (Wildman–Crippen LogP) is 3.73. The minimum Gasteiger partial charge on any atom is -0.349 e. The van der Waals surface area contributed by atoms with E-state index < -0.39 is 0 Å². The van der Waals surface area contributed by atoms with E-state index in [1.807, 2.05) is 11.4 Å². The summed E-state index contributed by atoms with van der Waals surface area (Å²) >= 11 is 0. The van der Waals surface area contributed by atoms with E-state index in [0.29, 0.717) is 17.7 Å². The topological polar surface area (TPSA) is 46.3 Å². The molecule has 0 radical (unpaired) electrons. The maximum atomic E-state index is 4.46. The van der Waals surface area contributed by atoms with Gasteiger partial charge in [-0.05, 0) is 36.8 Å². The van der Waals surface area contributed by atoms with Crippen LogP contribution in [0.2, 0.25) is 0 Å². The van der Waals surface area contributed by atoms with Gasteiger partial charge in [0.2, 0.25) is 0 Å². The van der Waals surface area contributed by atoms with Crippen molar-refractivity contribution in [3.8, 4) is 0 Å². The molecule has 1 aromatic carbocycles. The molecule has 2 aromatic heterocycles. The van der Waals surface area contributed by atoms with Crippen LogP contribution in [0.5, 0.6) is 0 Å². The van der Waals surface area contributed by atoms with E-state index in [9.17, 15) is 0 Å². The van der Waals surface area contributed by atoms with Crippen LogP contribution in [-0.2, 0) is 6.54 Å². The molecule has 0 aliphatic heterocycles. The average Bonchev–Trinajstić information content (AvgIpc) is 3.30. The number of rotatable bonds is 5. The first-order chi connectivity index (χ1) is 11.6. The Labute approximate surface area is 142 Å². The Morgan fingerprint density at radius 1 is 1.21 bits per heavy atom. The average molecular weight is 321 g/mol. The highest BCUT2D eigenvalue weighted by molar-refractivity contribution is 5.49. The second-order valence-electron chi connectivity index (χ2n) is 6.98. The molecule has 124 valence electrons. The van der Waals surface area contributed by atoms with Crippen molar-refractivity contribution in [2.75, 3.05) is 4.90 Å². The first kappa shape index (κ1) is 15.1. The van der Waals surface area contributed by atoms with Gasteiger partial charge >= 0.3 is 0 Å². The monoisotopic (exact) mass is 321 g/mol. The molecule has 0 bridgehead atoms. The largest absolute Gasteiger partial charge is 0.349 e. The Kier molecular flexibility index (Phi) is 3.71. The molecule has 0 spiro atoms. The van der Waals surface area contributed by atoms with Gasteiger partial charge in [0.25, 0.3) is 5.78 Å². The molecule has 0 N–H and O–H groups in total. The zero-order chi connectivity index (χ0) is 16.7. The zero-order valence-corrected chi connectivity index (χ0v) is 14.5. The van der Waals surface area contributed by atoms with Gasteiger partial charge in [-0.2, -0.15) is 14.6 Å². The number of benzene rings is 1. The minimum absolute atomic E-state index is 0.566. The number of fused-ring (bicyclic) bond motifs is 1. The van der Waals surface area contributed by atoms with Gasteiger partial charge in [0.15, 0.2) is 0 Å². The molecule has 5 heteroatoms. The smallest absolute Gasteiger partial charge is 0.254 e. The number of hydrogen-bond donors (Lipinski definition) is 0. The van der Waals surface area contributed by atoms with Gasteiger partial charge < -0.3 is 4.90 Å². The fourth-order valence-corrected chi connectivity index (χ4v) is 3.10. The summed E-state index contributed by atoms with van der Waals surface area (Å²) in [6.07, 6.45) is 4.05. The lowest BCUT2D eigenvalue weighted by Gasteiger charge is -2.25. The summed E-state index contributed by atoms with van der Waals surface area (Å²) in [5.41, 5.74) is 3.69. The molecule has 0 saturated heterocycles. The Bertz CT molecular complexity index is 846. The SMILES string of the molecule is Cc1cc(N(Cc2ccc(C(C)C)cc2)C2CC2)n2ncnc2n1. The van der Waals surface area contributed by atoms with Crippen LogP contribution in [0.4, 0.5) is 5.82 Å². The summed E-state index contributed by atoms with van der Waals surface area (Å²) in [5, 5.41) is 4.37. The van der Waals surface area contributed by atoms with E-state index in [4.69, 9.17) is 0 Å². The van der Waals surface area contributed by atoms with E-state index in [1.54, 1.807) is 6.33 Å². The van der Waals surface area contributed by atoms with E-state index in [-0.39, 0.29) is 0 Å². The Balaban J connectivity index is 1.68. The molecule has 24 heavy (non-hydrogen) atoms. The molecular formula is C19H23N5. The molecule has 1 saturated carbocycles. The lowest BCUT2D eigenvalue weighted by molar-refractivity contribution is 0.744. The van der Waals surface area contributed by atoms with Crippen LogP contribution in [0, 0.1) is 6.92 Å². The van der Waals surface area contributed by atoms with E-state index in [0.717, 1.165) is 18.1 Å². The normalized spacial score (nSPS) is 14.5. The molecule has 3 aromatic rings. The third-order valence-electron chi connectivity index (χ3n) is 4.64. The number of hydrogen-bond acceptors (Lipinski definition) is 4. The van der Waals surface area contributed by atoms with Crippen molar-refractivity contribution in [3.05, 3.63) is 53.5 Å². The van der Waals surface area contributed by atoms with Crippen molar-refractivity contribution in [3.63, 3.8) is 0 Å². The van der Waals surface area contributed by atoms with E-state index in [1.165, 1.54) is 24.0 Å². The maximum Gasteiger partial charge on any atom is 0.254 e. The lowest BCUT2D eigenvalue weighted by Crippen LogP contribution is -2.27. The van der Waals surface area contributed by atoms with Crippen LogP contribution in [0.1, 0.15) is 49.4 Å². The van der Waals surface area contributed by atoms with Gasteiger partial charge in [-0.3, -0.25) is 0 Å². The molecule has 0 unspecified atom stereocenters. The van der Waals surface area contributed by atoms with Crippen LogP contribution in [0.15, 0.2) is 36.7 Å². The van der Waals surface area contributed by atoms with Gasteiger partial charge in [-0.1, -0.05) is 38.1 Å². The second-order valence-corrected chi connectivity index (χ2v) is 6.98. The molecule has 4 rings (SSSR count). The Morgan fingerprint density at radius 2 is 1.96 bits per heavy atom. The fourth-order valence-electron chi connectivity index (χ4n) is 3.10. The van der Waals surface area contributed by atoms with Crippen LogP contribution >= 0.6 is 0 Å². The quantitative estimate of drug-likeness (QED) is 0.718. The molecule has 1 aliphatic rings. The van der Waals surface area contributed by atoms with Gasteiger partial charge in [-0.25, -0.2) is 4.98 Å². The molecule has 0 atom stereocenters. The predicted molar refractivity (Wildman–Crippen MR) is 95.3 cm³/mol. The molecule has 5 nitrogen and oxygen atoms in total. The van der Waals surface area contributed by atoms with Crippen LogP contribution in [0.25, 0.3) is 5.78 Å². The van der Waals surface area contributed by atoms with Crippen molar-refractivity contribution in [2.24, 2.45) is 0 Å². The zero-order valence-electron chi connectivity index (χ0n) is 14.5. The molecule has 1 fully saturated rings. The van der Waals surface area contributed by atoms with Crippen molar-refractivity contribution < 1.29 is 0 Å². The Morgan fingerprint density at radius 3 is 2.62 bits per heavy atom. The van der Waals surface area contributed by atoms with Crippen molar-refractivity contribution in [1.29, 1.82) is 0 Å². The number of anilines is 1. The third kappa shape index (κ3) is 2.86. The summed E-state index contributed by atoms with van der Waals surface area (Å²) < 4.78 is 1.85. The number of aryl methyl sites for hydroxylation is 1. The van der Waals surface area contributed by atoms with Crippen molar-refractivity contribution >= 4 is 11.6 Å². The fraction of sp³-hybridized carbons (Fsp3) is 0.421. The molecule has 0 amide bonds. The number of nitrogens with zero attached hydrogens (tertiary/aromatic N) is 5. The van der Waals surface area contributed by atoms with Crippen LogP contribution < -0.4 is 4.90 Å².